The minimum atomic E-state index is -6.04. The lowest BCUT2D eigenvalue weighted by Gasteiger charge is -2.27. The zero-order chi connectivity index (χ0) is 44.6. The van der Waals surface area contributed by atoms with E-state index >= 15 is 0 Å². The molecule has 61 heavy (non-hydrogen) atoms. The first-order valence-electron chi connectivity index (χ1n) is 17.7. The topological polar surface area (TPSA) is 411 Å². The van der Waals surface area contributed by atoms with E-state index in [4.69, 9.17) is 33.7 Å². The highest BCUT2D eigenvalue weighted by Gasteiger charge is 2.58. The van der Waals surface area contributed by atoms with Gasteiger partial charge in [-0.15, -0.1) is 0 Å². The smallest absolute Gasteiger partial charge is 0.481 e. The van der Waals surface area contributed by atoms with Crippen molar-refractivity contribution in [3.63, 3.8) is 0 Å². The molecule has 7 heterocycles. The van der Waals surface area contributed by atoms with E-state index in [2.05, 4.69) is 33.5 Å². The van der Waals surface area contributed by atoms with Gasteiger partial charge in [-0.1, -0.05) is 4.98 Å². The fraction of sp³-hybridized carbons (Fsp3) is 0.607. The quantitative estimate of drug-likeness (QED) is 0.0417. The Kier molecular flexibility index (Phi) is 12.0. The third kappa shape index (κ3) is 9.21. The molecule has 4 aromatic rings. The van der Waals surface area contributed by atoms with Gasteiger partial charge in [0.05, 0.1) is 33.0 Å². The Balaban J connectivity index is 0.995. The minimum Gasteiger partial charge on any atom is -0.481 e. The Morgan fingerprint density at radius 2 is 1.61 bits per heavy atom. The van der Waals surface area contributed by atoms with E-state index in [1.807, 2.05) is 0 Å². The van der Waals surface area contributed by atoms with Gasteiger partial charge in [0.15, 0.2) is 29.5 Å². The third-order valence-electron chi connectivity index (χ3n) is 9.58. The van der Waals surface area contributed by atoms with Crippen LogP contribution in [0.5, 0.6) is 0 Å². The van der Waals surface area contributed by atoms with Crippen molar-refractivity contribution in [1.29, 1.82) is 0 Å². The highest BCUT2D eigenvalue weighted by Crippen LogP contribution is 2.68. The van der Waals surface area contributed by atoms with Gasteiger partial charge in [-0.25, -0.2) is 23.2 Å². The second-order valence-corrected chi connectivity index (χ2v) is 19.0. The van der Waals surface area contributed by atoms with Crippen LogP contribution in [0.15, 0.2) is 22.2 Å². The number of nitrogen functional groups attached to an aromatic ring is 1. The van der Waals surface area contributed by atoms with Crippen LogP contribution < -0.4 is 26.3 Å². The number of carboxylic acid groups (broad SMARTS) is 1. The Morgan fingerprint density at radius 1 is 0.967 bits per heavy atom. The summed E-state index contributed by atoms with van der Waals surface area (Å²) >= 11 is 0. The van der Waals surface area contributed by atoms with Gasteiger partial charge >= 0.3 is 35.1 Å². The van der Waals surface area contributed by atoms with Crippen LogP contribution in [0.2, 0.25) is 0 Å². The van der Waals surface area contributed by atoms with Crippen LogP contribution in [-0.2, 0) is 62.2 Å². The van der Waals surface area contributed by atoms with E-state index in [-0.39, 0.29) is 40.6 Å². The van der Waals surface area contributed by atoms with E-state index in [0.29, 0.717) is 0 Å². The minimum absolute atomic E-state index is 0.0305. The average Bonchev–Trinajstić information content (AvgIpc) is 3.93. The van der Waals surface area contributed by atoms with Crippen molar-refractivity contribution in [2.24, 2.45) is 7.05 Å². The molecule has 3 fully saturated rings. The summed E-state index contributed by atoms with van der Waals surface area (Å²) in [7, 11) is -12.7. The average molecular weight is 930 g/mol. The zero-order valence-electron chi connectivity index (χ0n) is 32.1. The number of aryl methyl sites for hydroxylation is 1. The predicted molar refractivity (Wildman–Crippen MR) is 197 cm³/mol. The number of hydrogen-bond donors (Lipinski definition) is 9. The molecule has 0 spiro atoms. The highest BCUT2D eigenvalue weighted by molar-refractivity contribution is 7.66. The monoisotopic (exact) mass is 929 g/mol. The molecule has 0 saturated carbocycles. The number of imidazole rings is 2. The Labute approximate surface area is 340 Å². The van der Waals surface area contributed by atoms with Crippen LogP contribution in [-0.4, -0.2) is 140 Å². The molecule has 10 N–H and O–H groups in total. The Hall–Kier alpha value is -4.06. The number of aliphatic carboxylic acids is 1. The molecule has 0 aliphatic carbocycles. The summed E-state index contributed by atoms with van der Waals surface area (Å²) in [5.41, 5.74) is 4.36. The number of nitrogens with two attached hydrogens (primary N) is 1. The Bertz CT molecular complexity index is 2620. The number of carboxylic acids is 1. The molecular weight excluding hydrogens is 889 g/mol. The number of hydrogen-bond acceptors (Lipinski definition) is 21. The number of H-pyrrole nitrogens is 2. The second kappa shape index (κ2) is 16.2. The molecule has 3 aliphatic heterocycles. The van der Waals surface area contributed by atoms with Crippen molar-refractivity contribution in [2.45, 2.75) is 74.6 Å². The number of ether oxygens (including phenoxy) is 4. The van der Waals surface area contributed by atoms with Gasteiger partial charge in [0.25, 0.3) is 17.1 Å². The number of phosphoric acid groups is 3. The number of anilines is 2. The van der Waals surface area contributed by atoms with Crippen LogP contribution in [0.25, 0.3) is 22.3 Å². The van der Waals surface area contributed by atoms with Gasteiger partial charge < -0.3 is 59.6 Å². The summed E-state index contributed by atoms with van der Waals surface area (Å²) in [6.07, 6.45) is -9.60. The number of nitrogens with zero attached hydrogens (tertiary/aromatic N) is 7. The number of aliphatic hydroxyl groups is 2. The molecule has 0 amide bonds. The van der Waals surface area contributed by atoms with E-state index in [1.165, 1.54) is 38.9 Å². The number of nitrogens with one attached hydrogen (secondary N) is 2. The number of aliphatic hydroxyl groups excluding tert-OH is 2. The molecule has 12 atom stereocenters. The molecule has 3 unspecified atom stereocenters. The number of aromatic nitrogens is 8. The fourth-order valence-electron chi connectivity index (χ4n) is 6.91. The van der Waals surface area contributed by atoms with Crippen LogP contribution in [0, 0.1) is 0 Å². The van der Waals surface area contributed by atoms with E-state index in [9.17, 15) is 58.1 Å². The lowest BCUT2D eigenvalue weighted by molar-refractivity contribution is -0.745. The number of fused-ring (bicyclic) bond motifs is 3. The molecule has 0 aromatic carbocycles. The molecule has 0 radical (unpaired) electrons. The zero-order valence-corrected chi connectivity index (χ0v) is 34.7. The van der Waals surface area contributed by atoms with Crippen molar-refractivity contribution >= 4 is 63.7 Å². The maximum absolute atomic E-state index is 12.9. The summed E-state index contributed by atoms with van der Waals surface area (Å²) in [6, 6.07) is 0. The molecule has 7 rings (SSSR count). The largest absolute Gasteiger partial charge is 0.490 e. The summed E-state index contributed by atoms with van der Waals surface area (Å²) in [5.74, 6) is -2.86. The summed E-state index contributed by atoms with van der Waals surface area (Å²) < 4.78 is 83.9. The van der Waals surface area contributed by atoms with Crippen molar-refractivity contribution in [3.05, 3.63) is 33.4 Å². The first-order chi connectivity index (χ1) is 28.4. The molecule has 336 valence electrons. The third-order valence-corrected chi connectivity index (χ3v) is 13.8. The lowest BCUT2D eigenvalue weighted by atomic mass is 10.1. The molecule has 3 saturated heterocycles. The molecule has 33 heteroatoms. The van der Waals surface area contributed by atoms with Gasteiger partial charge in [-0.05, 0) is 6.92 Å². The van der Waals surface area contributed by atoms with E-state index < -0.39 is 115 Å². The van der Waals surface area contributed by atoms with Gasteiger partial charge in [0.2, 0.25) is 17.7 Å². The van der Waals surface area contributed by atoms with Crippen molar-refractivity contribution < 1.29 is 89.7 Å². The highest BCUT2D eigenvalue weighted by atomic mass is 31.3. The first-order valence-corrected chi connectivity index (χ1v) is 22.2. The van der Waals surface area contributed by atoms with Crippen molar-refractivity contribution in [2.75, 3.05) is 37.9 Å². The van der Waals surface area contributed by atoms with E-state index in [1.54, 1.807) is 14.1 Å². The maximum atomic E-state index is 12.9. The van der Waals surface area contributed by atoms with Gasteiger partial charge in [-0.2, -0.15) is 13.6 Å². The maximum Gasteiger partial charge on any atom is 0.490 e. The predicted octanol–water partition coefficient (Wildman–Crippen LogP) is -2.42. The van der Waals surface area contributed by atoms with Crippen LogP contribution >= 0.6 is 23.5 Å². The standard InChI is InChI=1S/C28H39N10O20P3/c1-28(6-5-13(39)40)55-18-12(54-25(19(18)56-28)37-9-30-14-20(37)31-26(29)33-22(14)43)8-52-60(47,48)58-61(49,50)57-59(45,46)51-7-11-16(41)17(42)24(53-11)38-10-36(4)15-21(38)32-27(35(2)3)34-23(15)44/h9-12,16-19,24-25,41-42H,5-8H2,1-4H3,(H7-,29,31,32,33,34,39,40,43,44,45,46,47,48,49,50)/p+1/t11-,12-,16-,17-,18-,19-,24-,25-,28+/m1/s1. The number of aromatic amines is 2. The number of phosphoric ester groups is 2. The van der Waals surface area contributed by atoms with E-state index in [0.717, 1.165) is 6.33 Å². The summed E-state index contributed by atoms with van der Waals surface area (Å²) in [5, 5.41) is 30.7. The van der Waals surface area contributed by atoms with Crippen LogP contribution in [0.1, 0.15) is 32.2 Å². The van der Waals surface area contributed by atoms with Gasteiger partial charge in [-0.3, -0.25) is 42.5 Å². The van der Waals surface area contributed by atoms with Crippen LogP contribution in [0.3, 0.4) is 0 Å². The molecule has 3 aliphatic rings. The summed E-state index contributed by atoms with van der Waals surface area (Å²) in [4.78, 5) is 86.1. The summed E-state index contributed by atoms with van der Waals surface area (Å²) in [6.45, 7) is -0.608. The SMILES string of the molecule is CN(C)c1nc2c(c(=O)[nH]1)n(C)c[n+]2[C@@H]1O[C@H](COP(=O)(O)OP(=O)(O)OP(=O)(O)OC[C@H]2O[C@@H](n3cnc4c(=O)[nH]c(N)nc43)[C@@H]3O[C@@](C)(CCC(=O)O)O[C@@H]32)[C@@H](O)[C@H]1O. The van der Waals surface area contributed by atoms with Crippen molar-refractivity contribution in [3.8, 4) is 0 Å². The number of carbonyl (C=O) groups is 1. The van der Waals surface area contributed by atoms with Gasteiger partial charge in [0.1, 0.15) is 36.6 Å². The van der Waals surface area contributed by atoms with Crippen LogP contribution in [0.4, 0.5) is 11.9 Å². The lowest BCUT2D eigenvalue weighted by Crippen LogP contribution is -2.46. The number of rotatable bonds is 16. The van der Waals surface area contributed by atoms with Crippen molar-refractivity contribution in [1.82, 2.24) is 34.1 Å². The fourth-order valence-corrected chi connectivity index (χ4v) is 10.4. The second-order valence-electron chi connectivity index (χ2n) is 14.3. The first kappa shape index (κ1) is 45.0. The molecular formula is C28H40N10O20P3+. The Morgan fingerprint density at radius 3 is 2.25 bits per heavy atom. The molecule has 4 aromatic heterocycles. The van der Waals surface area contributed by atoms with Gasteiger partial charge in [0, 0.05) is 20.5 Å². The molecule has 30 nitrogen and oxygen atoms in total. The molecule has 0 bridgehead atoms. The normalized spacial score (nSPS) is 30.6.